The summed E-state index contributed by atoms with van der Waals surface area (Å²) in [5.74, 6) is 0.752. The van der Waals surface area contributed by atoms with E-state index in [2.05, 4.69) is 41.5 Å². The van der Waals surface area contributed by atoms with Crippen molar-refractivity contribution >= 4 is 21.7 Å². The highest BCUT2D eigenvalue weighted by molar-refractivity contribution is 7.84. The maximum atomic E-state index is 11.1. The first-order chi connectivity index (χ1) is 9.16. The van der Waals surface area contributed by atoms with Gasteiger partial charge in [0.15, 0.2) is 0 Å². The first-order valence-electron chi connectivity index (χ1n) is 6.53. The second kappa shape index (κ2) is 6.78. The Morgan fingerprint density at radius 2 is 2.11 bits per heavy atom. The van der Waals surface area contributed by atoms with E-state index in [0.717, 1.165) is 24.2 Å². The van der Waals surface area contributed by atoms with E-state index in [1.54, 1.807) is 6.26 Å². The maximum absolute atomic E-state index is 11.1. The van der Waals surface area contributed by atoms with Crippen molar-refractivity contribution in [1.82, 2.24) is 10.3 Å². The lowest BCUT2D eigenvalue weighted by atomic mass is 10.1. The van der Waals surface area contributed by atoms with Crippen LogP contribution in [-0.4, -0.2) is 27.2 Å². The first-order valence-corrected chi connectivity index (χ1v) is 8.25. The molecule has 1 heterocycles. The summed E-state index contributed by atoms with van der Waals surface area (Å²) in [5.41, 5.74) is 2.27. The molecule has 1 aromatic carbocycles. The zero-order chi connectivity index (χ0) is 13.7. The molecule has 0 aliphatic rings. The number of benzene rings is 1. The number of fused-ring (bicyclic) bond motifs is 1. The molecule has 0 saturated heterocycles. The Morgan fingerprint density at radius 3 is 2.89 bits per heavy atom. The summed E-state index contributed by atoms with van der Waals surface area (Å²) in [6.07, 6.45) is 4.51. The number of hydrogen-bond donors (Lipinski definition) is 1. The van der Waals surface area contributed by atoms with Gasteiger partial charge in [0.1, 0.15) is 0 Å². The van der Waals surface area contributed by atoms with Crippen molar-refractivity contribution in [2.45, 2.75) is 25.9 Å². The molecule has 19 heavy (non-hydrogen) atoms. The third-order valence-corrected chi connectivity index (χ3v) is 4.01. The molecule has 0 aliphatic carbocycles. The SMILES string of the molecule is CC(CCS(C)=O)NCc1cccc2cccnc12. The minimum atomic E-state index is -0.709. The molecular formula is C15H20N2OS. The van der Waals surface area contributed by atoms with Gasteiger partial charge < -0.3 is 5.32 Å². The van der Waals surface area contributed by atoms with Crippen molar-refractivity contribution in [3.05, 3.63) is 42.1 Å². The molecular weight excluding hydrogens is 256 g/mol. The Kier molecular flexibility index (Phi) is 5.05. The monoisotopic (exact) mass is 276 g/mol. The lowest BCUT2D eigenvalue weighted by Gasteiger charge is -2.14. The molecule has 2 rings (SSSR count). The van der Waals surface area contributed by atoms with Crippen LogP contribution >= 0.6 is 0 Å². The van der Waals surface area contributed by atoms with Crippen molar-refractivity contribution in [3.63, 3.8) is 0 Å². The van der Waals surface area contributed by atoms with Gasteiger partial charge in [0.25, 0.3) is 0 Å². The topological polar surface area (TPSA) is 42.0 Å². The summed E-state index contributed by atoms with van der Waals surface area (Å²) in [5, 5.41) is 4.64. The highest BCUT2D eigenvalue weighted by Crippen LogP contribution is 2.15. The van der Waals surface area contributed by atoms with Gasteiger partial charge in [-0.05, 0) is 25.0 Å². The Hall–Kier alpha value is -1.26. The van der Waals surface area contributed by atoms with Gasteiger partial charge >= 0.3 is 0 Å². The molecule has 1 aromatic heterocycles. The first kappa shape index (κ1) is 14.2. The number of hydrogen-bond acceptors (Lipinski definition) is 3. The lowest BCUT2D eigenvalue weighted by molar-refractivity contribution is 0.536. The van der Waals surface area contributed by atoms with Crippen LogP contribution in [0, 0.1) is 0 Å². The van der Waals surface area contributed by atoms with E-state index in [1.807, 2.05) is 12.3 Å². The van der Waals surface area contributed by atoms with Crippen LogP contribution in [0.2, 0.25) is 0 Å². The quantitative estimate of drug-likeness (QED) is 0.881. The number of nitrogens with one attached hydrogen (secondary N) is 1. The molecule has 4 heteroatoms. The Balaban J connectivity index is 2.00. The van der Waals surface area contributed by atoms with Gasteiger partial charge in [-0.25, -0.2) is 0 Å². The minimum absolute atomic E-state index is 0.364. The normalized spacial score (nSPS) is 14.4. The molecule has 0 fully saturated rings. The fraction of sp³-hybridized carbons (Fsp3) is 0.400. The van der Waals surface area contributed by atoms with Gasteiger partial charge in [-0.15, -0.1) is 0 Å². The predicted molar refractivity (Wildman–Crippen MR) is 81.6 cm³/mol. The summed E-state index contributed by atoms with van der Waals surface area (Å²) in [6.45, 7) is 2.93. The standard InChI is InChI=1S/C15H20N2OS/c1-12(8-10-19(2)18)17-11-14-6-3-5-13-7-4-9-16-15(13)14/h3-7,9,12,17H,8,10-11H2,1-2H3. The van der Waals surface area contributed by atoms with Crippen LogP contribution in [0.3, 0.4) is 0 Å². The number of pyridine rings is 1. The van der Waals surface area contributed by atoms with E-state index < -0.39 is 10.8 Å². The molecule has 2 atom stereocenters. The molecule has 0 radical (unpaired) electrons. The molecule has 0 bridgehead atoms. The van der Waals surface area contributed by atoms with Gasteiger partial charge in [0.2, 0.25) is 0 Å². The van der Waals surface area contributed by atoms with Crippen LogP contribution in [0.5, 0.6) is 0 Å². The van der Waals surface area contributed by atoms with Gasteiger partial charge in [0.05, 0.1) is 5.52 Å². The smallest absolute Gasteiger partial charge is 0.0746 e. The van der Waals surface area contributed by atoms with Crippen LogP contribution in [0.1, 0.15) is 18.9 Å². The Morgan fingerprint density at radius 1 is 1.32 bits per heavy atom. The molecule has 1 N–H and O–H groups in total. The van der Waals surface area contributed by atoms with E-state index in [4.69, 9.17) is 0 Å². The highest BCUT2D eigenvalue weighted by Gasteiger charge is 2.05. The Labute approximate surface area is 116 Å². The molecule has 2 aromatic rings. The van der Waals surface area contributed by atoms with Crippen LogP contribution < -0.4 is 5.32 Å². The third kappa shape index (κ3) is 4.11. The molecule has 0 saturated carbocycles. The van der Waals surface area contributed by atoms with E-state index in [9.17, 15) is 4.21 Å². The zero-order valence-corrected chi connectivity index (χ0v) is 12.2. The highest BCUT2D eigenvalue weighted by atomic mass is 32.2. The summed E-state index contributed by atoms with van der Waals surface area (Å²) in [4.78, 5) is 4.44. The van der Waals surface area contributed by atoms with Gasteiger partial charge in [-0.1, -0.05) is 24.3 Å². The molecule has 3 nitrogen and oxygen atoms in total. The van der Waals surface area contributed by atoms with E-state index >= 15 is 0 Å². The summed E-state index contributed by atoms with van der Waals surface area (Å²) in [7, 11) is -0.709. The fourth-order valence-electron chi connectivity index (χ4n) is 2.04. The van der Waals surface area contributed by atoms with E-state index in [-0.39, 0.29) is 0 Å². The van der Waals surface area contributed by atoms with Crippen LogP contribution in [0.4, 0.5) is 0 Å². The largest absolute Gasteiger partial charge is 0.310 e. The van der Waals surface area contributed by atoms with E-state index in [0.29, 0.717) is 6.04 Å². The molecule has 0 aliphatic heterocycles. The predicted octanol–water partition coefficient (Wildman–Crippen LogP) is 2.48. The number of para-hydroxylation sites is 1. The number of nitrogens with zero attached hydrogens (tertiary/aromatic N) is 1. The summed E-state index contributed by atoms with van der Waals surface area (Å²) >= 11 is 0. The number of rotatable bonds is 6. The van der Waals surface area contributed by atoms with Crippen molar-refractivity contribution < 1.29 is 4.21 Å². The minimum Gasteiger partial charge on any atom is -0.310 e. The van der Waals surface area contributed by atoms with Crippen LogP contribution in [-0.2, 0) is 17.3 Å². The van der Waals surface area contributed by atoms with Crippen molar-refractivity contribution in [3.8, 4) is 0 Å². The summed E-state index contributed by atoms with van der Waals surface area (Å²) in [6, 6.07) is 10.6. The molecule has 2 unspecified atom stereocenters. The van der Waals surface area contributed by atoms with Gasteiger partial charge in [-0.2, -0.15) is 0 Å². The van der Waals surface area contributed by atoms with Crippen LogP contribution in [0.25, 0.3) is 10.9 Å². The van der Waals surface area contributed by atoms with Crippen molar-refractivity contribution in [2.24, 2.45) is 0 Å². The maximum Gasteiger partial charge on any atom is 0.0746 e. The number of aromatic nitrogens is 1. The average molecular weight is 276 g/mol. The molecule has 102 valence electrons. The fourth-order valence-corrected chi connectivity index (χ4v) is 2.72. The average Bonchev–Trinajstić information content (AvgIpc) is 2.42. The van der Waals surface area contributed by atoms with Crippen molar-refractivity contribution in [1.29, 1.82) is 0 Å². The molecule has 0 spiro atoms. The Bertz CT molecular complexity index is 566. The third-order valence-electron chi connectivity index (χ3n) is 3.20. The second-order valence-electron chi connectivity index (χ2n) is 4.84. The van der Waals surface area contributed by atoms with Crippen molar-refractivity contribution in [2.75, 3.05) is 12.0 Å². The van der Waals surface area contributed by atoms with Gasteiger partial charge in [-0.3, -0.25) is 9.19 Å². The summed E-state index contributed by atoms with van der Waals surface area (Å²) < 4.78 is 11.1. The zero-order valence-electron chi connectivity index (χ0n) is 11.4. The van der Waals surface area contributed by atoms with E-state index in [1.165, 1.54) is 10.9 Å². The molecule has 0 amide bonds. The van der Waals surface area contributed by atoms with Crippen LogP contribution in [0.15, 0.2) is 36.5 Å². The van der Waals surface area contributed by atoms with Gasteiger partial charge in [0, 0.05) is 47.0 Å². The second-order valence-corrected chi connectivity index (χ2v) is 6.39. The lowest BCUT2D eigenvalue weighted by Crippen LogP contribution is -2.27.